The zero-order valence-corrected chi connectivity index (χ0v) is 16.9. The average Bonchev–Trinajstić information content (AvgIpc) is 2.69. The maximum Gasteiger partial charge on any atom is 0.153 e. The van der Waals surface area contributed by atoms with Crippen LogP contribution in [-0.2, 0) is 4.74 Å². The number of hydrogen-bond acceptors (Lipinski definition) is 6. The van der Waals surface area contributed by atoms with E-state index < -0.39 is 5.60 Å². The molecule has 148 valence electrons. The van der Waals surface area contributed by atoms with Gasteiger partial charge in [-0.05, 0) is 44.2 Å². The molecule has 2 heterocycles. The van der Waals surface area contributed by atoms with Crippen molar-refractivity contribution in [1.29, 1.82) is 5.26 Å². The second-order valence-corrected chi connectivity index (χ2v) is 7.06. The number of hydrazone groups is 1. The molecule has 2 aliphatic heterocycles. The Labute approximate surface area is 175 Å². The van der Waals surface area contributed by atoms with Crippen molar-refractivity contribution in [2.45, 2.75) is 19.4 Å². The van der Waals surface area contributed by atoms with Crippen LogP contribution >= 0.6 is 12.4 Å². The van der Waals surface area contributed by atoms with Crippen molar-refractivity contribution in [1.82, 2.24) is 0 Å². The van der Waals surface area contributed by atoms with Crippen LogP contribution in [0, 0.1) is 11.3 Å². The first-order valence-corrected chi connectivity index (χ1v) is 8.95. The van der Waals surface area contributed by atoms with E-state index >= 15 is 0 Å². The van der Waals surface area contributed by atoms with E-state index in [9.17, 15) is 5.26 Å². The lowest BCUT2D eigenvalue weighted by Gasteiger charge is -2.34. The van der Waals surface area contributed by atoms with Crippen LogP contribution in [0.15, 0.2) is 82.7 Å². The highest BCUT2D eigenvalue weighted by Crippen LogP contribution is 2.38. The molecular formula is C22H21ClN4O2. The van der Waals surface area contributed by atoms with E-state index in [4.69, 9.17) is 15.2 Å². The first-order chi connectivity index (χ1) is 13.5. The minimum Gasteiger partial charge on any atom is -0.455 e. The number of para-hydroxylation sites is 3. The standard InChI is InChI=1S/C22H20N4O2.ClH/c1-22(2)12-16-17(13-23)21(24)26(25-18(16)14-27-22)19-10-6-7-11-20(19)28-15-8-4-3-5-9-15;/h3-12H,14,24H2,1-2H3;1H. The predicted molar refractivity (Wildman–Crippen MR) is 115 cm³/mol. The number of hydrogen-bond donors (Lipinski definition) is 1. The normalized spacial score (nSPS) is 17.3. The van der Waals surface area contributed by atoms with Gasteiger partial charge in [-0.25, -0.2) is 5.01 Å². The number of rotatable bonds is 3. The smallest absolute Gasteiger partial charge is 0.153 e. The third-order valence-corrected chi connectivity index (χ3v) is 4.53. The van der Waals surface area contributed by atoms with Crippen LogP contribution in [-0.4, -0.2) is 17.9 Å². The lowest BCUT2D eigenvalue weighted by atomic mass is 9.92. The van der Waals surface area contributed by atoms with E-state index in [-0.39, 0.29) is 18.2 Å². The zero-order valence-electron chi connectivity index (χ0n) is 16.1. The summed E-state index contributed by atoms with van der Waals surface area (Å²) >= 11 is 0. The molecule has 2 aromatic carbocycles. The molecule has 2 aromatic rings. The van der Waals surface area contributed by atoms with Gasteiger partial charge in [-0.3, -0.25) is 0 Å². The molecule has 0 saturated heterocycles. The van der Waals surface area contributed by atoms with Crippen LogP contribution in [0.5, 0.6) is 11.5 Å². The molecule has 0 bridgehead atoms. The Hall–Kier alpha value is -3.27. The van der Waals surface area contributed by atoms with Crippen molar-refractivity contribution in [3.63, 3.8) is 0 Å². The molecule has 2 aliphatic rings. The third-order valence-electron chi connectivity index (χ3n) is 4.53. The maximum absolute atomic E-state index is 9.76. The van der Waals surface area contributed by atoms with Crippen molar-refractivity contribution in [2.24, 2.45) is 10.8 Å². The molecule has 0 fully saturated rings. The Morgan fingerprint density at radius 2 is 1.83 bits per heavy atom. The molecule has 0 atom stereocenters. The molecule has 0 radical (unpaired) electrons. The number of nitrogens with zero attached hydrogens (tertiary/aromatic N) is 3. The molecule has 2 N–H and O–H groups in total. The summed E-state index contributed by atoms with van der Waals surface area (Å²) in [6, 6.07) is 19.1. The van der Waals surface area contributed by atoms with Crippen molar-refractivity contribution >= 4 is 23.8 Å². The zero-order chi connectivity index (χ0) is 19.7. The van der Waals surface area contributed by atoms with E-state index in [0.29, 0.717) is 35.1 Å². The molecule has 0 aliphatic carbocycles. The van der Waals surface area contributed by atoms with Crippen LogP contribution in [0.4, 0.5) is 5.69 Å². The van der Waals surface area contributed by atoms with Crippen LogP contribution in [0.3, 0.4) is 0 Å². The van der Waals surface area contributed by atoms with Gasteiger partial charge in [0.1, 0.15) is 28.9 Å². The number of nitriles is 1. The van der Waals surface area contributed by atoms with Crippen molar-refractivity contribution < 1.29 is 9.47 Å². The van der Waals surface area contributed by atoms with E-state index in [2.05, 4.69) is 11.2 Å². The largest absolute Gasteiger partial charge is 0.455 e. The molecule has 0 unspecified atom stereocenters. The quantitative estimate of drug-likeness (QED) is 0.807. The topological polar surface area (TPSA) is 83.9 Å². The Balaban J connectivity index is 0.00000240. The summed E-state index contributed by atoms with van der Waals surface area (Å²) in [6.45, 7) is 4.18. The number of fused-ring (bicyclic) bond motifs is 1. The number of ether oxygens (including phenoxy) is 2. The summed E-state index contributed by atoms with van der Waals surface area (Å²) < 4.78 is 11.9. The molecule has 0 amide bonds. The van der Waals surface area contributed by atoms with Gasteiger partial charge in [0.05, 0.1) is 17.9 Å². The number of nitrogens with two attached hydrogens (primary N) is 1. The highest BCUT2D eigenvalue weighted by molar-refractivity contribution is 6.08. The molecule has 29 heavy (non-hydrogen) atoms. The fourth-order valence-electron chi connectivity index (χ4n) is 3.16. The van der Waals surface area contributed by atoms with Gasteiger partial charge < -0.3 is 15.2 Å². The summed E-state index contributed by atoms with van der Waals surface area (Å²) in [6.07, 6.45) is 1.89. The molecular weight excluding hydrogens is 388 g/mol. The van der Waals surface area contributed by atoms with E-state index in [0.717, 1.165) is 5.57 Å². The fourth-order valence-corrected chi connectivity index (χ4v) is 3.16. The van der Waals surface area contributed by atoms with Crippen molar-refractivity contribution in [3.8, 4) is 17.6 Å². The third kappa shape index (κ3) is 3.97. The van der Waals surface area contributed by atoms with Crippen LogP contribution in [0.25, 0.3) is 0 Å². The van der Waals surface area contributed by atoms with Gasteiger partial charge in [-0.2, -0.15) is 10.4 Å². The summed E-state index contributed by atoms with van der Waals surface area (Å²) in [5.41, 5.74) is 8.31. The van der Waals surface area contributed by atoms with Crippen LogP contribution < -0.4 is 15.5 Å². The van der Waals surface area contributed by atoms with Gasteiger partial charge in [-0.1, -0.05) is 30.3 Å². The van der Waals surface area contributed by atoms with Gasteiger partial charge in [0.25, 0.3) is 0 Å². The van der Waals surface area contributed by atoms with E-state index in [1.54, 1.807) is 5.01 Å². The minimum atomic E-state index is -0.479. The predicted octanol–water partition coefficient (Wildman–Crippen LogP) is 4.51. The minimum absolute atomic E-state index is 0. The molecule has 0 saturated carbocycles. The van der Waals surface area contributed by atoms with Gasteiger partial charge in [-0.15, -0.1) is 12.4 Å². The highest BCUT2D eigenvalue weighted by Gasteiger charge is 2.34. The van der Waals surface area contributed by atoms with Gasteiger partial charge in [0.2, 0.25) is 0 Å². The maximum atomic E-state index is 9.76. The Morgan fingerprint density at radius 1 is 1.14 bits per heavy atom. The van der Waals surface area contributed by atoms with Gasteiger partial charge in [0, 0.05) is 5.57 Å². The van der Waals surface area contributed by atoms with Crippen molar-refractivity contribution in [3.05, 3.63) is 77.6 Å². The molecule has 4 rings (SSSR count). The van der Waals surface area contributed by atoms with Crippen LogP contribution in [0.2, 0.25) is 0 Å². The summed E-state index contributed by atoms with van der Waals surface area (Å²) in [5.74, 6) is 1.55. The second kappa shape index (κ2) is 8.00. The van der Waals surface area contributed by atoms with E-state index in [1.807, 2.05) is 74.5 Å². The average molecular weight is 409 g/mol. The summed E-state index contributed by atoms with van der Waals surface area (Å²) in [4.78, 5) is 0. The Kier molecular flexibility index (Phi) is 5.64. The molecule has 6 nitrogen and oxygen atoms in total. The Bertz CT molecular complexity index is 1050. The number of benzene rings is 2. The number of halogens is 1. The van der Waals surface area contributed by atoms with Crippen molar-refractivity contribution in [2.75, 3.05) is 11.6 Å². The second-order valence-electron chi connectivity index (χ2n) is 7.06. The highest BCUT2D eigenvalue weighted by atomic mass is 35.5. The molecule has 0 aromatic heterocycles. The first kappa shape index (κ1) is 20.5. The Morgan fingerprint density at radius 3 is 2.55 bits per heavy atom. The van der Waals surface area contributed by atoms with E-state index in [1.165, 1.54) is 0 Å². The number of anilines is 1. The molecule has 7 heteroatoms. The van der Waals surface area contributed by atoms with Gasteiger partial charge in [0.15, 0.2) is 5.75 Å². The monoisotopic (exact) mass is 408 g/mol. The fraction of sp³-hybridized carbons (Fsp3) is 0.182. The van der Waals surface area contributed by atoms with Gasteiger partial charge >= 0.3 is 0 Å². The SMILES string of the molecule is CC1(C)C=C2C(=NN(c3ccccc3Oc3ccccc3)C(N)=C2C#N)CO1.Cl. The first-order valence-electron chi connectivity index (χ1n) is 8.95. The number of allylic oxidation sites excluding steroid dienone is 1. The lowest BCUT2D eigenvalue weighted by Crippen LogP contribution is -2.39. The summed E-state index contributed by atoms with van der Waals surface area (Å²) in [7, 11) is 0. The van der Waals surface area contributed by atoms with Crippen LogP contribution in [0.1, 0.15) is 13.8 Å². The lowest BCUT2D eigenvalue weighted by molar-refractivity contribution is 0.0409. The summed E-state index contributed by atoms with van der Waals surface area (Å²) in [5, 5.41) is 16.0. The molecule has 0 spiro atoms.